The molecule has 0 bridgehead atoms. The van der Waals surface area contributed by atoms with E-state index in [9.17, 15) is 10.5 Å². The Hall–Kier alpha value is -2.10. The van der Waals surface area contributed by atoms with E-state index in [-0.39, 0.29) is 5.92 Å². The molecule has 19 heavy (non-hydrogen) atoms. The van der Waals surface area contributed by atoms with Crippen molar-refractivity contribution in [2.45, 2.75) is 19.4 Å². The summed E-state index contributed by atoms with van der Waals surface area (Å²) in [5, 5.41) is 19.1. The molecule has 2 atom stereocenters. The Morgan fingerprint density at radius 1 is 1.32 bits per heavy atom. The van der Waals surface area contributed by atoms with E-state index in [0.717, 1.165) is 11.1 Å². The Balaban J connectivity index is 2.48. The molecule has 0 amide bonds. The van der Waals surface area contributed by atoms with E-state index in [1.54, 1.807) is 6.08 Å². The number of rotatable bonds is 2. The standard InChI is InChI=1S/C16H16N2O/c1-3-14-8-9-19-15(16(14,10-17)11-18)13-6-4-12(2)5-7-13/h3-7,14-15H,1,8-9H2,2H3/t14-,15-/m0/s1. The first-order chi connectivity index (χ1) is 9.17. The van der Waals surface area contributed by atoms with Crippen molar-refractivity contribution in [2.75, 3.05) is 6.61 Å². The van der Waals surface area contributed by atoms with E-state index >= 15 is 0 Å². The molecule has 3 heteroatoms. The highest BCUT2D eigenvalue weighted by Crippen LogP contribution is 2.47. The van der Waals surface area contributed by atoms with Gasteiger partial charge in [-0.1, -0.05) is 35.9 Å². The topological polar surface area (TPSA) is 56.8 Å². The first kappa shape index (κ1) is 13.3. The van der Waals surface area contributed by atoms with Crippen molar-refractivity contribution in [3.05, 3.63) is 48.0 Å². The van der Waals surface area contributed by atoms with Crippen molar-refractivity contribution in [3.8, 4) is 12.1 Å². The summed E-state index contributed by atoms with van der Waals surface area (Å²) in [6, 6.07) is 12.1. The fraction of sp³-hybridized carbons (Fsp3) is 0.375. The van der Waals surface area contributed by atoms with Crippen LogP contribution in [0.2, 0.25) is 0 Å². The molecular weight excluding hydrogens is 236 g/mol. The molecule has 1 saturated heterocycles. The van der Waals surface area contributed by atoms with Crippen LogP contribution in [0.3, 0.4) is 0 Å². The zero-order valence-corrected chi connectivity index (χ0v) is 11.0. The molecule has 0 unspecified atom stereocenters. The van der Waals surface area contributed by atoms with Crippen molar-refractivity contribution < 1.29 is 4.74 Å². The van der Waals surface area contributed by atoms with Gasteiger partial charge in [0.05, 0.1) is 12.1 Å². The highest BCUT2D eigenvalue weighted by molar-refractivity contribution is 5.33. The van der Waals surface area contributed by atoms with Gasteiger partial charge >= 0.3 is 0 Å². The fourth-order valence-corrected chi connectivity index (χ4v) is 2.58. The maximum atomic E-state index is 9.53. The molecule has 1 aromatic carbocycles. The molecule has 0 N–H and O–H groups in total. The van der Waals surface area contributed by atoms with Crippen LogP contribution in [-0.4, -0.2) is 6.61 Å². The third-order valence-electron chi connectivity index (χ3n) is 3.75. The normalized spacial score (nSPS) is 25.0. The summed E-state index contributed by atoms with van der Waals surface area (Å²) in [6.07, 6.45) is 1.85. The molecule has 96 valence electrons. The van der Waals surface area contributed by atoms with Gasteiger partial charge in [-0.2, -0.15) is 10.5 Å². The summed E-state index contributed by atoms with van der Waals surface area (Å²) in [7, 11) is 0. The van der Waals surface area contributed by atoms with Crippen molar-refractivity contribution in [1.29, 1.82) is 10.5 Å². The van der Waals surface area contributed by atoms with Gasteiger partial charge in [0.25, 0.3) is 0 Å². The average molecular weight is 252 g/mol. The van der Waals surface area contributed by atoms with E-state index in [1.165, 1.54) is 0 Å². The van der Waals surface area contributed by atoms with Gasteiger partial charge in [-0.25, -0.2) is 0 Å². The number of hydrogen-bond donors (Lipinski definition) is 0. The van der Waals surface area contributed by atoms with Crippen molar-refractivity contribution in [3.63, 3.8) is 0 Å². The van der Waals surface area contributed by atoms with Crippen molar-refractivity contribution in [2.24, 2.45) is 11.3 Å². The lowest BCUT2D eigenvalue weighted by atomic mass is 9.68. The van der Waals surface area contributed by atoms with Gasteiger partial charge in [0.15, 0.2) is 5.41 Å². The molecule has 1 aromatic rings. The molecule has 0 saturated carbocycles. The van der Waals surface area contributed by atoms with Gasteiger partial charge in [0.2, 0.25) is 0 Å². The average Bonchev–Trinajstić information content (AvgIpc) is 2.47. The van der Waals surface area contributed by atoms with E-state index < -0.39 is 11.5 Å². The van der Waals surface area contributed by atoms with Gasteiger partial charge in [0.1, 0.15) is 6.10 Å². The van der Waals surface area contributed by atoms with Gasteiger partial charge in [-0.05, 0) is 18.9 Å². The minimum atomic E-state index is -1.19. The molecule has 1 fully saturated rings. The Bertz CT molecular complexity index is 534. The Kier molecular flexibility index (Phi) is 3.69. The number of aryl methyl sites for hydroxylation is 1. The second-order valence-corrected chi connectivity index (χ2v) is 4.89. The third-order valence-corrected chi connectivity index (χ3v) is 3.75. The minimum Gasteiger partial charge on any atom is -0.371 e. The number of nitriles is 2. The monoisotopic (exact) mass is 252 g/mol. The van der Waals surface area contributed by atoms with Crippen LogP contribution >= 0.6 is 0 Å². The molecule has 0 radical (unpaired) electrons. The number of ether oxygens (including phenoxy) is 1. The van der Waals surface area contributed by atoms with Gasteiger partial charge in [0, 0.05) is 12.5 Å². The van der Waals surface area contributed by atoms with E-state index in [2.05, 4.69) is 18.7 Å². The van der Waals surface area contributed by atoms with Gasteiger partial charge in [-0.3, -0.25) is 0 Å². The highest BCUT2D eigenvalue weighted by atomic mass is 16.5. The number of allylic oxidation sites excluding steroid dienone is 1. The molecule has 0 aromatic heterocycles. The van der Waals surface area contributed by atoms with E-state index in [4.69, 9.17) is 4.74 Å². The molecule has 1 aliphatic rings. The predicted molar refractivity (Wildman–Crippen MR) is 71.8 cm³/mol. The molecule has 3 nitrogen and oxygen atoms in total. The molecule has 1 aliphatic heterocycles. The van der Waals surface area contributed by atoms with Crippen LogP contribution in [0.15, 0.2) is 36.9 Å². The summed E-state index contributed by atoms with van der Waals surface area (Å²) < 4.78 is 5.74. The first-order valence-corrected chi connectivity index (χ1v) is 6.31. The summed E-state index contributed by atoms with van der Waals surface area (Å²) in [4.78, 5) is 0. The largest absolute Gasteiger partial charge is 0.371 e. The second kappa shape index (κ2) is 5.26. The summed E-state index contributed by atoms with van der Waals surface area (Å²) in [5.41, 5.74) is 0.828. The minimum absolute atomic E-state index is 0.164. The van der Waals surface area contributed by atoms with Crippen LogP contribution in [0.25, 0.3) is 0 Å². The van der Waals surface area contributed by atoms with Crippen LogP contribution in [-0.2, 0) is 4.74 Å². The van der Waals surface area contributed by atoms with Crippen LogP contribution in [0.4, 0.5) is 0 Å². The van der Waals surface area contributed by atoms with Crippen LogP contribution in [0.5, 0.6) is 0 Å². The number of nitrogens with zero attached hydrogens (tertiary/aromatic N) is 2. The lowest BCUT2D eigenvalue weighted by Crippen LogP contribution is -2.39. The molecule has 0 spiro atoms. The molecule has 1 heterocycles. The van der Waals surface area contributed by atoms with Crippen LogP contribution < -0.4 is 0 Å². The second-order valence-electron chi connectivity index (χ2n) is 4.89. The summed E-state index contributed by atoms with van der Waals surface area (Å²) in [6.45, 7) is 6.30. The Morgan fingerprint density at radius 2 is 1.95 bits per heavy atom. The number of hydrogen-bond acceptors (Lipinski definition) is 3. The SMILES string of the molecule is C=C[C@H]1CCO[C@@H](c2ccc(C)cc2)C1(C#N)C#N. The highest BCUT2D eigenvalue weighted by Gasteiger charge is 2.49. The van der Waals surface area contributed by atoms with Gasteiger partial charge in [-0.15, -0.1) is 6.58 Å². The molecule has 2 rings (SSSR count). The zero-order valence-electron chi connectivity index (χ0n) is 11.0. The first-order valence-electron chi connectivity index (χ1n) is 6.31. The molecule has 0 aliphatic carbocycles. The Labute approximate surface area is 113 Å². The maximum absolute atomic E-state index is 9.53. The smallest absolute Gasteiger partial charge is 0.180 e. The number of benzene rings is 1. The third kappa shape index (κ3) is 2.14. The van der Waals surface area contributed by atoms with E-state index in [0.29, 0.717) is 13.0 Å². The Morgan fingerprint density at radius 3 is 2.47 bits per heavy atom. The van der Waals surface area contributed by atoms with E-state index in [1.807, 2.05) is 31.2 Å². The van der Waals surface area contributed by atoms with Crippen molar-refractivity contribution >= 4 is 0 Å². The zero-order chi connectivity index (χ0) is 13.9. The van der Waals surface area contributed by atoms with Gasteiger partial charge < -0.3 is 4.74 Å². The molecular formula is C16H16N2O. The lowest BCUT2D eigenvalue weighted by Gasteiger charge is -2.39. The predicted octanol–water partition coefficient (Wildman–Crippen LogP) is 3.29. The fourth-order valence-electron chi connectivity index (χ4n) is 2.58. The summed E-state index contributed by atoms with van der Waals surface area (Å²) >= 11 is 0. The quantitative estimate of drug-likeness (QED) is 0.759. The van der Waals surface area contributed by atoms with Crippen LogP contribution in [0, 0.1) is 40.9 Å². The lowest BCUT2D eigenvalue weighted by molar-refractivity contribution is -0.0577. The summed E-state index contributed by atoms with van der Waals surface area (Å²) in [5.74, 6) is -0.164. The van der Waals surface area contributed by atoms with Crippen molar-refractivity contribution in [1.82, 2.24) is 0 Å². The maximum Gasteiger partial charge on any atom is 0.180 e. The van der Waals surface area contributed by atoms with Crippen LogP contribution in [0.1, 0.15) is 23.7 Å².